The standard InChI is InChI=1S/C16H15ClF3N3O3S/c1-22(12-5-6-27(25,26)9-12)15(24)13-8-21-23(14(13)16(18,19)20)11-4-2-3-10(17)7-11/h2-4,7-8,12H,5-6,9H2,1H3/t12-/m0/s1. The van der Waals surface area contributed by atoms with Crippen molar-refractivity contribution in [2.45, 2.75) is 18.6 Å². The van der Waals surface area contributed by atoms with Gasteiger partial charge in [-0.15, -0.1) is 0 Å². The number of sulfone groups is 1. The third-order valence-corrected chi connectivity index (χ3v) is 6.38. The number of carbonyl (C=O) groups excluding carboxylic acids is 1. The maximum Gasteiger partial charge on any atom is 0.434 e. The molecule has 0 radical (unpaired) electrons. The lowest BCUT2D eigenvalue weighted by molar-refractivity contribution is -0.143. The quantitative estimate of drug-likeness (QED) is 0.764. The lowest BCUT2D eigenvalue weighted by atomic mass is 10.1. The molecule has 0 N–H and O–H groups in total. The molecule has 1 fully saturated rings. The summed E-state index contributed by atoms with van der Waals surface area (Å²) in [7, 11) is -1.99. The highest BCUT2D eigenvalue weighted by Crippen LogP contribution is 2.35. The summed E-state index contributed by atoms with van der Waals surface area (Å²) >= 11 is 5.84. The molecule has 27 heavy (non-hydrogen) atoms. The van der Waals surface area contributed by atoms with Gasteiger partial charge in [-0.1, -0.05) is 17.7 Å². The Labute approximate surface area is 158 Å². The summed E-state index contributed by atoms with van der Waals surface area (Å²) in [5, 5.41) is 3.94. The van der Waals surface area contributed by atoms with Crippen molar-refractivity contribution < 1.29 is 26.4 Å². The monoisotopic (exact) mass is 421 g/mol. The van der Waals surface area contributed by atoms with Gasteiger partial charge in [-0.05, 0) is 24.6 Å². The molecule has 1 saturated heterocycles. The van der Waals surface area contributed by atoms with Gasteiger partial charge in [0.15, 0.2) is 15.5 Å². The summed E-state index contributed by atoms with van der Waals surface area (Å²) in [6.07, 6.45) is -3.83. The molecule has 1 amide bonds. The van der Waals surface area contributed by atoms with Gasteiger partial charge in [-0.2, -0.15) is 18.3 Å². The van der Waals surface area contributed by atoms with Crippen LogP contribution in [-0.4, -0.2) is 53.6 Å². The summed E-state index contributed by atoms with van der Waals surface area (Å²) in [6.45, 7) is 0. The molecule has 11 heteroatoms. The number of benzene rings is 1. The Balaban J connectivity index is 2.02. The molecule has 0 aliphatic carbocycles. The van der Waals surface area contributed by atoms with Gasteiger partial charge < -0.3 is 4.90 Å². The Kier molecular flexibility index (Phi) is 4.98. The first-order chi connectivity index (χ1) is 12.5. The van der Waals surface area contributed by atoms with E-state index in [1.807, 2.05) is 0 Å². The van der Waals surface area contributed by atoms with Gasteiger partial charge in [0.25, 0.3) is 5.91 Å². The van der Waals surface area contributed by atoms with E-state index in [0.717, 1.165) is 11.1 Å². The SMILES string of the molecule is CN(C(=O)c1cnn(-c2cccc(Cl)c2)c1C(F)(F)F)[C@H]1CCS(=O)(=O)C1. The molecule has 146 valence electrons. The number of rotatable bonds is 3. The molecule has 2 aromatic rings. The van der Waals surface area contributed by atoms with E-state index in [1.54, 1.807) is 0 Å². The molecule has 1 aliphatic heterocycles. The molecule has 3 rings (SSSR count). The second kappa shape index (κ2) is 6.83. The summed E-state index contributed by atoms with van der Waals surface area (Å²) < 4.78 is 64.9. The van der Waals surface area contributed by atoms with E-state index in [2.05, 4.69) is 5.10 Å². The predicted octanol–water partition coefficient (Wildman–Crippen LogP) is 2.80. The van der Waals surface area contributed by atoms with Gasteiger partial charge in [0.1, 0.15) is 0 Å². The van der Waals surface area contributed by atoms with Crippen LogP contribution < -0.4 is 0 Å². The first-order valence-electron chi connectivity index (χ1n) is 7.88. The lowest BCUT2D eigenvalue weighted by Crippen LogP contribution is -2.38. The van der Waals surface area contributed by atoms with Crippen LogP contribution in [-0.2, 0) is 16.0 Å². The summed E-state index contributed by atoms with van der Waals surface area (Å²) in [5.41, 5.74) is -1.82. The van der Waals surface area contributed by atoms with Crippen LogP contribution in [0.1, 0.15) is 22.5 Å². The van der Waals surface area contributed by atoms with E-state index in [1.165, 1.54) is 31.3 Å². The number of alkyl halides is 3. The Morgan fingerprint density at radius 2 is 2.07 bits per heavy atom. The fourth-order valence-corrected chi connectivity index (χ4v) is 4.98. The van der Waals surface area contributed by atoms with Gasteiger partial charge in [-0.25, -0.2) is 13.1 Å². The zero-order chi connectivity index (χ0) is 20.0. The van der Waals surface area contributed by atoms with E-state index in [0.29, 0.717) is 4.68 Å². The van der Waals surface area contributed by atoms with Crippen LogP contribution in [0.4, 0.5) is 13.2 Å². The van der Waals surface area contributed by atoms with Crippen molar-refractivity contribution in [3.8, 4) is 5.69 Å². The maximum absolute atomic E-state index is 13.7. The van der Waals surface area contributed by atoms with Crippen molar-refractivity contribution in [2.75, 3.05) is 18.6 Å². The van der Waals surface area contributed by atoms with Crippen molar-refractivity contribution in [1.29, 1.82) is 0 Å². The highest BCUT2D eigenvalue weighted by Gasteiger charge is 2.42. The van der Waals surface area contributed by atoms with Crippen LogP contribution in [0, 0.1) is 0 Å². The lowest BCUT2D eigenvalue weighted by Gasteiger charge is -2.23. The number of amides is 1. The third-order valence-electron chi connectivity index (χ3n) is 4.40. The zero-order valence-electron chi connectivity index (χ0n) is 14.1. The van der Waals surface area contributed by atoms with Crippen molar-refractivity contribution in [1.82, 2.24) is 14.7 Å². The van der Waals surface area contributed by atoms with E-state index in [4.69, 9.17) is 11.6 Å². The molecular weight excluding hydrogens is 407 g/mol. The van der Waals surface area contributed by atoms with Gasteiger partial charge in [0.05, 0.1) is 29.0 Å². The molecule has 0 unspecified atom stereocenters. The highest BCUT2D eigenvalue weighted by molar-refractivity contribution is 7.91. The summed E-state index contributed by atoms with van der Waals surface area (Å²) in [6, 6.07) is 4.98. The average molecular weight is 422 g/mol. The third kappa shape index (κ3) is 3.96. The first-order valence-corrected chi connectivity index (χ1v) is 10.1. The number of nitrogens with zero attached hydrogens (tertiary/aromatic N) is 3. The number of halogens is 4. The fourth-order valence-electron chi connectivity index (χ4n) is 3.02. The van der Waals surface area contributed by atoms with Crippen molar-refractivity contribution >= 4 is 27.3 Å². The number of hydrogen-bond acceptors (Lipinski definition) is 4. The van der Waals surface area contributed by atoms with Gasteiger partial charge in [0.2, 0.25) is 0 Å². The highest BCUT2D eigenvalue weighted by atomic mass is 35.5. The van der Waals surface area contributed by atoms with E-state index < -0.39 is 39.2 Å². The van der Waals surface area contributed by atoms with E-state index >= 15 is 0 Å². The van der Waals surface area contributed by atoms with Crippen molar-refractivity contribution in [2.24, 2.45) is 0 Å². The number of hydrogen-bond donors (Lipinski definition) is 0. The number of carbonyl (C=O) groups is 1. The molecule has 1 aromatic heterocycles. The van der Waals surface area contributed by atoms with Crippen LogP contribution in [0.15, 0.2) is 30.5 Å². The Morgan fingerprint density at radius 3 is 2.63 bits per heavy atom. The van der Waals surface area contributed by atoms with Crippen LogP contribution in [0.3, 0.4) is 0 Å². The van der Waals surface area contributed by atoms with Crippen molar-refractivity contribution in [3.05, 3.63) is 46.7 Å². The van der Waals surface area contributed by atoms with Crippen LogP contribution in [0.2, 0.25) is 5.02 Å². The minimum absolute atomic E-state index is 0.0555. The molecule has 2 heterocycles. The number of aromatic nitrogens is 2. The second-order valence-electron chi connectivity index (χ2n) is 6.27. The molecular formula is C16H15ClF3N3O3S. The molecule has 0 bridgehead atoms. The minimum Gasteiger partial charge on any atom is -0.338 e. The first kappa shape index (κ1) is 19.7. The van der Waals surface area contributed by atoms with Gasteiger partial charge in [0, 0.05) is 18.1 Å². The molecule has 6 nitrogen and oxygen atoms in total. The van der Waals surface area contributed by atoms with E-state index in [9.17, 15) is 26.4 Å². The second-order valence-corrected chi connectivity index (χ2v) is 8.93. The Hall–Kier alpha value is -2.07. The smallest absolute Gasteiger partial charge is 0.338 e. The van der Waals surface area contributed by atoms with Crippen LogP contribution in [0.5, 0.6) is 0 Å². The van der Waals surface area contributed by atoms with Crippen molar-refractivity contribution in [3.63, 3.8) is 0 Å². The van der Waals surface area contributed by atoms with Crippen LogP contribution >= 0.6 is 11.6 Å². The minimum atomic E-state index is -4.85. The maximum atomic E-state index is 13.7. The molecule has 1 aliphatic rings. The molecule has 1 atom stereocenters. The zero-order valence-corrected chi connectivity index (χ0v) is 15.6. The predicted molar refractivity (Wildman–Crippen MR) is 92.7 cm³/mol. The van der Waals surface area contributed by atoms with Gasteiger partial charge >= 0.3 is 6.18 Å². The van der Waals surface area contributed by atoms with Crippen LogP contribution in [0.25, 0.3) is 5.69 Å². The Morgan fingerprint density at radius 1 is 1.37 bits per heavy atom. The summed E-state index contributed by atoms with van der Waals surface area (Å²) in [4.78, 5) is 13.7. The topological polar surface area (TPSA) is 72.3 Å². The molecule has 1 aromatic carbocycles. The van der Waals surface area contributed by atoms with Gasteiger partial charge in [-0.3, -0.25) is 4.79 Å². The Bertz CT molecular complexity index is 988. The average Bonchev–Trinajstić information content (AvgIpc) is 3.16. The fraction of sp³-hybridized carbons (Fsp3) is 0.375. The summed E-state index contributed by atoms with van der Waals surface area (Å²) in [5.74, 6) is -1.29. The molecule has 0 saturated carbocycles. The van der Waals surface area contributed by atoms with E-state index in [-0.39, 0.29) is 28.6 Å². The molecule has 0 spiro atoms. The normalized spacial score (nSPS) is 19.2. The largest absolute Gasteiger partial charge is 0.434 e.